The van der Waals surface area contributed by atoms with Gasteiger partial charge in [-0.3, -0.25) is 14.3 Å². The van der Waals surface area contributed by atoms with E-state index in [1.54, 1.807) is 48.5 Å². The predicted molar refractivity (Wildman–Crippen MR) is 118 cm³/mol. The summed E-state index contributed by atoms with van der Waals surface area (Å²) >= 11 is 0. The number of carbonyl (C=O) groups excluding carboxylic acids is 2. The Morgan fingerprint density at radius 1 is 0.903 bits per heavy atom. The Kier molecular flexibility index (Phi) is 5.66. The summed E-state index contributed by atoms with van der Waals surface area (Å²) in [6.07, 6.45) is 1.44. The molecule has 0 saturated carbocycles. The van der Waals surface area contributed by atoms with Gasteiger partial charge in [-0.25, -0.2) is 0 Å². The lowest BCUT2D eigenvalue weighted by Crippen LogP contribution is -2.13. The molecule has 0 aliphatic rings. The molecular weight excluding hydrogens is 392 g/mol. The van der Waals surface area contributed by atoms with Crippen molar-refractivity contribution >= 4 is 23.2 Å². The Bertz CT molecular complexity index is 1190. The highest BCUT2D eigenvalue weighted by atomic mass is 16.3. The Hall–Kier alpha value is -4.13. The zero-order valence-corrected chi connectivity index (χ0v) is 17.3. The molecule has 0 aliphatic heterocycles. The summed E-state index contributed by atoms with van der Waals surface area (Å²) in [6.45, 7) is 4.65. The maximum atomic E-state index is 12.5. The van der Waals surface area contributed by atoms with Gasteiger partial charge in [0.25, 0.3) is 11.8 Å². The first-order valence-corrected chi connectivity index (χ1v) is 9.84. The number of aromatic nitrogens is 2. The molecule has 2 aromatic heterocycles. The Labute approximate surface area is 179 Å². The first kappa shape index (κ1) is 20.2. The summed E-state index contributed by atoms with van der Waals surface area (Å²) in [6, 6.07) is 19.6. The van der Waals surface area contributed by atoms with E-state index >= 15 is 0 Å². The molecule has 0 bridgehead atoms. The maximum Gasteiger partial charge on any atom is 0.291 e. The molecule has 0 aliphatic carbocycles. The van der Waals surface area contributed by atoms with Crippen molar-refractivity contribution in [2.75, 3.05) is 10.6 Å². The molecule has 0 atom stereocenters. The molecule has 2 aromatic carbocycles. The summed E-state index contributed by atoms with van der Waals surface area (Å²) in [4.78, 5) is 24.6. The molecule has 4 aromatic rings. The monoisotopic (exact) mass is 414 g/mol. The second-order valence-electron chi connectivity index (χ2n) is 7.24. The molecule has 2 N–H and O–H groups in total. The fraction of sp³-hybridized carbons (Fsp3) is 0.125. The van der Waals surface area contributed by atoms with E-state index in [-0.39, 0.29) is 17.6 Å². The Morgan fingerprint density at radius 2 is 1.55 bits per heavy atom. The summed E-state index contributed by atoms with van der Waals surface area (Å²) < 4.78 is 7.01. The number of hydrogen-bond donors (Lipinski definition) is 2. The van der Waals surface area contributed by atoms with E-state index in [1.807, 2.05) is 36.7 Å². The number of furan rings is 1. The standard InChI is InChI=1S/C24H22N4O3/c1-16-14-17(2)28(27-16)15-18-5-7-19(8-6-18)23(29)25-20-9-11-21(12-10-20)26-24(30)22-4-3-13-31-22/h3-14H,15H2,1-2H3,(H,25,29)(H,26,30). The fourth-order valence-corrected chi connectivity index (χ4v) is 3.21. The molecule has 0 radical (unpaired) electrons. The molecule has 2 amide bonds. The highest BCUT2D eigenvalue weighted by Crippen LogP contribution is 2.16. The average molecular weight is 414 g/mol. The number of nitrogens with one attached hydrogen (secondary N) is 2. The summed E-state index contributed by atoms with van der Waals surface area (Å²) in [5, 5.41) is 10.1. The maximum absolute atomic E-state index is 12.5. The van der Waals surface area contributed by atoms with Crippen molar-refractivity contribution < 1.29 is 14.0 Å². The average Bonchev–Trinajstić information content (AvgIpc) is 3.40. The van der Waals surface area contributed by atoms with Crippen LogP contribution in [0.3, 0.4) is 0 Å². The van der Waals surface area contributed by atoms with E-state index in [9.17, 15) is 9.59 Å². The van der Waals surface area contributed by atoms with Crippen LogP contribution in [0.4, 0.5) is 11.4 Å². The van der Waals surface area contributed by atoms with Crippen LogP contribution in [-0.4, -0.2) is 21.6 Å². The quantitative estimate of drug-likeness (QED) is 0.481. The molecule has 7 nitrogen and oxygen atoms in total. The van der Waals surface area contributed by atoms with Crippen molar-refractivity contribution in [1.29, 1.82) is 0 Å². The van der Waals surface area contributed by atoms with Crippen molar-refractivity contribution in [2.24, 2.45) is 0 Å². The van der Waals surface area contributed by atoms with Gasteiger partial charge in [0.15, 0.2) is 5.76 Å². The number of anilines is 2. The lowest BCUT2D eigenvalue weighted by molar-refractivity contribution is 0.0994. The number of carbonyl (C=O) groups is 2. The molecule has 7 heteroatoms. The first-order chi connectivity index (χ1) is 15.0. The Morgan fingerprint density at radius 3 is 2.10 bits per heavy atom. The predicted octanol–water partition coefficient (Wildman–Crippen LogP) is 4.65. The zero-order valence-electron chi connectivity index (χ0n) is 17.3. The van der Waals surface area contributed by atoms with Crippen LogP contribution in [-0.2, 0) is 6.54 Å². The fourth-order valence-electron chi connectivity index (χ4n) is 3.21. The Balaban J connectivity index is 1.35. The summed E-state index contributed by atoms with van der Waals surface area (Å²) in [7, 11) is 0. The molecule has 0 saturated heterocycles. The van der Waals surface area contributed by atoms with Gasteiger partial charge in [0, 0.05) is 22.6 Å². The van der Waals surface area contributed by atoms with E-state index in [4.69, 9.17) is 4.42 Å². The smallest absolute Gasteiger partial charge is 0.291 e. The van der Waals surface area contributed by atoms with Gasteiger partial charge in [-0.05, 0) is 74.0 Å². The molecule has 0 spiro atoms. The molecule has 2 heterocycles. The van der Waals surface area contributed by atoms with Crippen LogP contribution >= 0.6 is 0 Å². The second kappa shape index (κ2) is 8.71. The number of benzene rings is 2. The van der Waals surface area contributed by atoms with Gasteiger partial charge < -0.3 is 15.1 Å². The molecule has 0 fully saturated rings. The van der Waals surface area contributed by atoms with Crippen LogP contribution in [0.25, 0.3) is 0 Å². The van der Waals surface area contributed by atoms with Crippen LogP contribution in [0, 0.1) is 13.8 Å². The van der Waals surface area contributed by atoms with Crippen LogP contribution in [0.15, 0.2) is 77.4 Å². The van der Waals surface area contributed by atoms with Crippen molar-refractivity contribution in [2.45, 2.75) is 20.4 Å². The van der Waals surface area contributed by atoms with E-state index in [2.05, 4.69) is 15.7 Å². The van der Waals surface area contributed by atoms with Crippen molar-refractivity contribution in [3.05, 3.63) is 101 Å². The SMILES string of the molecule is Cc1cc(C)n(Cc2ccc(C(=O)Nc3ccc(NC(=O)c4ccco4)cc3)cc2)n1. The minimum Gasteiger partial charge on any atom is -0.459 e. The van der Waals surface area contributed by atoms with E-state index in [1.165, 1.54) is 6.26 Å². The van der Waals surface area contributed by atoms with E-state index < -0.39 is 0 Å². The van der Waals surface area contributed by atoms with Crippen LogP contribution in [0.1, 0.15) is 37.9 Å². The van der Waals surface area contributed by atoms with Gasteiger partial charge >= 0.3 is 0 Å². The number of nitrogens with zero attached hydrogens (tertiary/aromatic N) is 2. The van der Waals surface area contributed by atoms with Crippen LogP contribution in [0.5, 0.6) is 0 Å². The van der Waals surface area contributed by atoms with Gasteiger partial charge in [0.1, 0.15) is 0 Å². The van der Waals surface area contributed by atoms with Gasteiger partial charge in [-0.2, -0.15) is 5.10 Å². The summed E-state index contributed by atoms with van der Waals surface area (Å²) in [5.41, 5.74) is 4.95. The van der Waals surface area contributed by atoms with Crippen molar-refractivity contribution in [1.82, 2.24) is 9.78 Å². The normalized spacial score (nSPS) is 10.6. The van der Waals surface area contributed by atoms with Crippen LogP contribution < -0.4 is 10.6 Å². The number of aryl methyl sites for hydroxylation is 2. The minimum atomic E-state index is -0.331. The minimum absolute atomic E-state index is 0.204. The van der Waals surface area contributed by atoms with Gasteiger partial charge in [-0.15, -0.1) is 0 Å². The van der Waals surface area contributed by atoms with Gasteiger partial charge in [0.05, 0.1) is 18.5 Å². The second-order valence-corrected chi connectivity index (χ2v) is 7.24. The number of rotatable bonds is 6. The van der Waals surface area contributed by atoms with E-state index in [0.717, 1.165) is 17.0 Å². The highest BCUT2D eigenvalue weighted by molar-refractivity contribution is 6.05. The van der Waals surface area contributed by atoms with Gasteiger partial charge in [-0.1, -0.05) is 12.1 Å². The largest absolute Gasteiger partial charge is 0.459 e. The highest BCUT2D eigenvalue weighted by Gasteiger charge is 2.10. The lowest BCUT2D eigenvalue weighted by atomic mass is 10.1. The third kappa shape index (κ3) is 4.90. The lowest BCUT2D eigenvalue weighted by Gasteiger charge is -2.09. The van der Waals surface area contributed by atoms with Crippen molar-refractivity contribution in [3.8, 4) is 0 Å². The zero-order chi connectivity index (χ0) is 21.8. The molecule has 4 rings (SSSR count). The van der Waals surface area contributed by atoms with E-state index in [0.29, 0.717) is 23.5 Å². The van der Waals surface area contributed by atoms with Gasteiger partial charge in [0.2, 0.25) is 0 Å². The number of amides is 2. The third-order valence-electron chi connectivity index (χ3n) is 4.80. The molecular formula is C24H22N4O3. The van der Waals surface area contributed by atoms with Crippen LogP contribution in [0.2, 0.25) is 0 Å². The first-order valence-electron chi connectivity index (χ1n) is 9.84. The van der Waals surface area contributed by atoms with Crippen molar-refractivity contribution in [3.63, 3.8) is 0 Å². The topological polar surface area (TPSA) is 89.2 Å². The molecule has 0 unspecified atom stereocenters. The number of hydrogen-bond acceptors (Lipinski definition) is 4. The summed E-state index contributed by atoms with van der Waals surface area (Å²) in [5.74, 6) is -0.300. The third-order valence-corrected chi connectivity index (χ3v) is 4.80. The molecule has 156 valence electrons. The molecule has 31 heavy (non-hydrogen) atoms.